The van der Waals surface area contributed by atoms with E-state index < -0.39 is 64.4 Å². The molecule has 2 saturated carbocycles. The van der Waals surface area contributed by atoms with Gasteiger partial charge in [0.15, 0.2) is 0 Å². The van der Waals surface area contributed by atoms with Gasteiger partial charge in [0.25, 0.3) is 0 Å². The van der Waals surface area contributed by atoms with E-state index in [9.17, 15) is 19.5 Å². The van der Waals surface area contributed by atoms with Crippen molar-refractivity contribution >= 4 is 30.1 Å². The first-order valence-corrected chi connectivity index (χ1v) is 14.8. The monoisotopic (exact) mass is 588 g/mol. The summed E-state index contributed by atoms with van der Waals surface area (Å²) in [6.45, 7) is 8.57. The van der Waals surface area contributed by atoms with Crippen molar-refractivity contribution in [3.05, 3.63) is 83.9 Å². The van der Waals surface area contributed by atoms with Gasteiger partial charge < -0.3 is 24.1 Å². The number of rotatable bonds is 7. The zero-order valence-electron chi connectivity index (χ0n) is 25.3. The molecule has 2 bridgehead atoms. The summed E-state index contributed by atoms with van der Waals surface area (Å²) in [7, 11) is 0. The SMILES string of the molecule is CC(=O)O[C@@H]1[C@H]2C[C@H](OC(=O)/C=C/c3ccccc3)[C@]3(C)[C@@H](OC(=O)/C=C/c4ccccc4)CC[C@](C)(O)[C@@]13OC2(C)C. The number of carbonyl (C=O) groups is 3. The highest BCUT2D eigenvalue weighted by molar-refractivity contribution is 5.88. The molecule has 0 radical (unpaired) electrons. The average molecular weight is 589 g/mol. The van der Waals surface area contributed by atoms with Crippen molar-refractivity contribution in [2.45, 2.75) is 89.0 Å². The van der Waals surface area contributed by atoms with Crippen LogP contribution >= 0.6 is 0 Å². The molecule has 2 aromatic carbocycles. The van der Waals surface area contributed by atoms with Crippen LogP contribution in [0.15, 0.2) is 72.8 Å². The number of fused-ring (bicyclic) bond motifs is 1. The number of benzene rings is 2. The van der Waals surface area contributed by atoms with Crippen molar-refractivity contribution in [3.63, 3.8) is 0 Å². The Morgan fingerprint density at radius 2 is 1.33 bits per heavy atom. The molecule has 2 aromatic rings. The van der Waals surface area contributed by atoms with E-state index in [0.29, 0.717) is 0 Å². The first-order chi connectivity index (χ1) is 20.3. The molecular formula is C35H40O8. The molecule has 5 rings (SSSR count). The normalized spacial score (nSPS) is 34.5. The van der Waals surface area contributed by atoms with Gasteiger partial charge in [-0.2, -0.15) is 0 Å². The summed E-state index contributed by atoms with van der Waals surface area (Å²) in [5.74, 6) is -2.07. The van der Waals surface area contributed by atoms with Crippen LogP contribution in [-0.4, -0.2) is 58.1 Å². The quantitative estimate of drug-likeness (QED) is 0.264. The molecule has 1 saturated heterocycles. The summed E-state index contributed by atoms with van der Waals surface area (Å²) < 4.78 is 25.1. The van der Waals surface area contributed by atoms with Crippen molar-refractivity contribution in [1.29, 1.82) is 0 Å². The lowest BCUT2D eigenvalue weighted by atomic mass is 9.47. The molecule has 0 unspecified atom stereocenters. The molecular weight excluding hydrogens is 548 g/mol. The van der Waals surface area contributed by atoms with E-state index in [1.165, 1.54) is 19.1 Å². The Morgan fingerprint density at radius 1 is 0.814 bits per heavy atom. The minimum absolute atomic E-state index is 0.206. The molecule has 7 atom stereocenters. The predicted octanol–water partition coefficient (Wildman–Crippen LogP) is 5.29. The predicted molar refractivity (Wildman–Crippen MR) is 160 cm³/mol. The number of hydrogen-bond donors (Lipinski definition) is 1. The lowest BCUT2D eigenvalue weighted by Gasteiger charge is -2.64. The zero-order chi connectivity index (χ0) is 31.0. The standard InChI is InChI=1S/C35H40O8/c1-23(36)40-31-26-22-28(42-30(38)19-17-25-14-10-7-11-15-25)34(5)27(41-29(37)18-16-24-12-8-6-9-13-24)20-21-33(4,39)35(31,34)43-32(26,2)3/h6-19,26-28,31,39H,20-22H2,1-5H3/b18-16+,19-17+/t26-,27+,28+,31-,33+,34+,35+/m1/s1. The van der Waals surface area contributed by atoms with E-state index in [2.05, 4.69) is 0 Å². The smallest absolute Gasteiger partial charge is 0.331 e. The second kappa shape index (κ2) is 11.4. The fourth-order valence-corrected chi connectivity index (χ4v) is 7.59. The largest absolute Gasteiger partial charge is 0.459 e. The van der Waals surface area contributed by atoms with Crippen molar-refractivity contribution in [2.75, 3.05) is 0 Å². The Labute approximate surface area is 252 Å². The molecule has 2 aliphatic carbocycles. The Hall–Kier alpha value is -3.75. The van der Waals surface area contributed by atoms with Gasteiger partial charge in [-0.1, -0.05) is 60.7 Å². The van der Waals surface area contributed by atoms with E-state index in [0.717, 1.165) is 11.1 Å². The van der Waals surface area contributed by atoms with Crippen molar-refractivity contribution < 1.29 is 38.4 Å². The minimum Gasteiger partial charge on any atom is -0.459 e. The highest BCUT2D eigenvalue weighted by Gasteiger charge is 2.82. The van der Waals surface area contributed by atoms with Crippen LogP contribution in [0, 0.1) is 11.3 Å². The third-order valence-corrected chi connectivity index (χ3v) is 9.62. The minimum atomic E-state index is -1.54. The second-order valence-corrected chi connectivity index (χ2v) is 12.7. The number of carbonyl (C=O) groups excluding carboxylic acids is 3. The van der Waals surface area contributed by atoms with Crippen LogP contribution in [0.2, 0.25) is 0 Å². The van der Waals surface area contributed by atoms with Gasteiger partial charge in [0.05, 0.1) is 16.6 Å². The van der Waals surface area contributed by atoms with Gasteiger partial charge in [-0.25, -0.2) is 9.59 Å². The molecule has 8 nitrogen and oxygen atoms in total. The highest BCUT2D eigenvalue weighted by atomic mass is 16.6. The van der Waals surface area contributed by atoms with Crippen LogP contribution in [0.25, 0.3) is 12.2 Å². The van der Waals surface area contributed by atoms with Crippen LogP contribution in [0.5, 0.6) is 0 Å². The summed E-state index contributed by atoms with van der Waals surface area (Å²) in [5.41, 5.74) is -3.53. The Morgan fingerprint density at radius 3 is 1.84 bits per heavy atom. The molecule has 8 heteroatoms. The van der Waals surface area contributed by atoms with Crippen LogP contribution in [-0.2, 0) is 33.3 Å². The second-order valence-electron chi connectivity index (χ2n) is 12.7. The molecule has 1 spiro atoms. The molecule has 1 heterocycles. The lowest BCUT2D eigenvalue weighted by molar-refractivity contribution is -0.329. The summed E-state index contributed by atoms with van der Waals surface area (Å²) in [4.78, 5) is 38.9. The summed E-state index contributed by atoms with van der Waals surface area (Å²) >= 11 is 0. The summed E-state index contributed by atoms with van der Waals surface area (Å²) in [6, 6.07) is 18.8. The number of esters is 3. The fraction of sp³-hybridized carbons (Fsp3) is 0.457. The van der Waals surface area contributed by atoms with E-state index in [4.69, 9.17) is 18.9 Å². The van der Waals surface area contributed by atoms with Gasteiger partial charge in [-0.3, -0.25) is 4.79 Å². The van der Waals surface area contributed by atoms with Gasteiger partial charge >= 0.3 is 17.9 Å². The van der Waals surface area contributed by atoms with Gasteiger partial charge in [0, 0.05) is 25.0 Å². The van der Waals surface area contributed by atoms with E-state index >= 15 is 0 Å². The number of aliphatic hydroxyl groups is 1. The molecule has 1 aliphatic heterocycles. The summed E-state index contributed by atoms with van der Waals surface area (Å²) in [5, 5.41) is 12.1. The third-order valence-electron chi connectivity index (χ3n) is 9.62. The molecule has 228 valence electrons. The van der Waals surface area contributed by atoms with Crippen molar-refractivity contribution in [1.82, 2.24) is 0 Å². The van der Waals surface area contributed by atoms with Crippen molar-refractivity contribution in [2.24, 2.45) is 11.3 Å². The highest BCUT2D eigenvalue weighted by Crippen LogP contribution is 2.68. The van der Waals surface area contributed by atoms with Crippen LogP contribution in [0.3, 0.4) is 0 Å². The third kappa shape index (κ3) is 5.43. The maximum atomic E-state index is 13.3. The summed E-state index contributed by atoms with van der Waals surface area (Å²) in [6.07, 6.45) is 4.30. The zero-order valence-corrected chi connectivity index (χ0v) is 25.3. The van der Waals surface area contributed by atoms with E-state index in [1.54, 1.807) is 19.1 Å². The van der Waals surface area contributed by atoms with E-state index in [1.807, 2.05) is 81.4 Å². The number of ether oxygens (including phenoxy) is 4. The Bertz CT molecular complexity index is 1410. The van der Waals surface area contributed by atoms with Crippen molar-refractivity contribution in [3.8, 4) is 0 Å². The Balaban J connectivity index is 1.54. The van der Waals surface area contributed by atoms with Gasteiger partial charge in [0.2, 0.25) is 0 Å². The molecule has 3 fully saturated rings. The average Bonchev–Trinajstić information content (AvgIpc) is 3.14. The Kier molecular flexibility index (Phi) is 8.13. The maximum Gasteiger partial charge on any atom is 0.331 e. The molecule has 3 aliphatic rings. The first kappa shape index (κ1) is 30.7. The lowest BCUT2D eigenvalue weighted by Crippen LogP contribution is -2.79. The molecule has 0 aromatic heterocycles. The molecule has 43 heavy (non-hydrogen) atoms. The fourth-order valence-electron chi connectivity index (χ4n) is 7.59. The topological polar surface area (TPSA) is 108 Å². The maximum absolute atomic E-state index is 13.3. The number of hydrogen-bond acceptors (Lipinski definition) is 8. The van der Waals surface area contributed by atoms with Crippen LogP contribution in [0.4, 0.5) is 0 Å². The molecule has 0 amide bonds. The van der Waals surface area contributed by atoms with Crippen LogP contribution < -0.4 is 0 Å². The van der Waals surface area contributed by atoms with Crippen LogP contribution in [0.1, 0.15) is 65.0 Å². The molecule has 1 N–H and O–H groups in total. The van der Waals surface area contributed by atoms with E-state index in [-0.39, 0.29) is 19.3 Å². The van der Waals surface area contributed by atoms with Gasteiger partial charge in [-0.05, 0) is 70.2 Å². The van der Waals surface area contributed by atoms with Gasteiger partial charge in [-0.15, -0.1) is 0 Å². The van der Waals surface area contributed by atoms with Gasteiger partial charge in [0.1, 0.15) is 23.9 Å². The first-order valence-electron chi connectivity index (χ1n) is 14.8.